The van der Waals surface area contributed by atoms with Gasteiger partial charge in [0.25, 0.3) is 0 Å². The van der Waals surface area contributed by atoms with Gasteiger partial charge in [-0.3, -0.25) is 9.36 Å². The van der Waals surface area contributed by atoms with Gasteiger partial charge >= 0.3 is 0 Å². The second-order valence-electron chi connectivity index (χ2n) is 6.15. The van der Waals surface area contributed by atoms with Crippen LogP contribution in [0.1, 0.15) is 17.3 Å². The molecule has 0 radical (unpaired) electrons. The molecule has 6 heteroatoms. The van der Waals surface area contributed by atoms with E-state index in [4.69, 9.17) is 4.74 Å². The summed E-state index contributed by atoms with van der Waals surface area (Å²) >= 11 is 1.45. The summed E-state index contributed by atoms with van der Waals surface area (Å²) in [7, 11) is 1.64. The fraction of sp³-hybridized carbons (Fsp3) is 0.143. The quantitative estimate of drug-likeness (QED) is 0.390. The van der Waals surface area contributed by atoms with E-state index in [9.17, 15) is 4.79 Å². The van der Waals surface area contributed by atoms with Gasteiger partial charge in [-0.25, -0.2) is 4.98 Å². The van der Waals surface area contributed by atoms with Crippen LogP contribution in [-0.2, 0) is 0 Å². The van der Waals surface area contributed by atoms with Crippen LogP contribution in [0.15, 0.2) is 72.3 Å². The van der Waals surface area contributed by atoms with Crippen LogP contribution in [0.25, 0.3) is 16.6 Å². The lowest BCUT2D eigenvalue weighted by Gasteiger charge is -2.12. The highest BCUT2D eigenvalue weighted by molar-refractivity contribution is 8.00. The molecule has 0 fully saturated rings. The lowest BCUT2D eigenvalue weighted by atomic mass is 10.1. The van der Waals surface area contributed by atoms with Gasteiger partial charge in [0.05, 0.1) is 12.4 Å². The van der Waals surface area contributed by atoms with Crippen molar-refractivity contribution in [2.24, 2.45) is 0 Å². The maximum Gasteiger partial charge on any atom is 0.178 e. The first-order chi connectivity index (χ1) is 13.2. The van der Waals surface area contributed by atoms with Crippen LogP contribution in [0, 0.1) is 0 Å². The molecule has 0 aliphatic rings. The molecule has 4 aromatic rings. The number of nitrogens with one attached hydrogen (secondary N) is 1. The van der Waals surface area contributed by atoms with E-state index in [0.717, 1.165) is 27.5 Å². The van der Waals surface area contributed by atoms with Crippen molar-refractivity contribution in [3.63, 3.8) is 0 Å². The molecule has 4 rings (SSSR count). The monoisotopic (exact) mass is 377 g/mol. The Morgan fingerprint density at radius 3 is 2.74 bits per heavy atom. The first-order valence-electron chi connectivity index (χ1n) is 8.62. The van der Waals surface area contributed by atoms with Gasteiger partial charge in [0, 0.05) is 40.7 Å². The molecule has 0 aliphatic carbocycles. The van der Waals surface area contributed by atoms with Gasteiger partial charge in [0.1, 0.15) is 5.75 Å². The van der Waals surface area contributed by atoms with E-state index in [1.807, 2.05) is 66.2 Å². The van der Waals surface area contributed by atoms with Crippen LogP contribution in [0.5, 0.6) is 5.75 Å². The maximum absolute atomic E-state index is 13.0. The van der Waals surface area contributed by atoms with Crippen molar-refractivity contribution in [2.75, 3.05) is 7.11 Å². The fourth-order valence-electron chi connectivity index (χ4n) is 3.02. The molecule has 0 saturated heterocycles. The molecule has 0 unspecified atom stereocenters. The number of hydrogen-bond acceptors (Lipinski definition) is 4. The summed E-state index contributed by atoms with van der Waals surface area (Å²) < 4.78 is 7.19. The summed E-state index contributed by atoms with van der Waals surface area (Å²) in [6, 6.07) is 15.6. The number of ether oxygens (including phenoxy) is 1. The van der Waals surface area contributed by atoms with Gasteiger partial charge in [-0.15, -0.1) is 0 Å². The van der Waals surface area contributed by atoms with E-state index in [1.165, 1.54) is 11.8 Å². The number of hydrogen-bond donors (Lipinski definition) is 1. The van der Waals surface area contributed by atoms with E-state index in [0.29, 0.717) is 5.56 Å². The van der Waals surface area contributed by atoms with Gasteiger partial charge in [0.2, 0.25) is 0 Å². The molecule has 0 amide bonds. The van der Waals surface area contributed by atoms with E-state index in [2.05, 4.69) is 9.97 Å². The van der Waals surface area contributed by atoms with Crippen molar-refractivity contribution >= 4 is 28.4 Å². The highest BCUT2D eigenvalue weighted by Gasteiger charge is 2.21. The molecule has 0 aliphatic heterocycles. The predicted molar refractivity (Wildman–Crippen MR) is 108 cm³/mol. The highest BCUT2D eigenvalue weighted by atomic mass is 32.2. The number of ketones is 1. The number of carbonyl (C=O) groups excluding carboxylic acids is 1. The Balaban J connectivity index is 1.57. The number of benzene rings is 2. The zero-order valence-corrected chi connectivity index (χ0v) is 15.9. The smallest absolute Gasteiger partial charge is 0.178 e. The summed E-state index contributed by atoms with van der Waals surface area (Å²) in [6.45, 7) is 1.92. The first-order valence-corrected chi connectivity index (χ1v) is 9.50. The topological polar surface area (TPSA) is 59.9 Å². The number of para-hydroxylation sites is 1. The SMILES string of the molecule is COc1ccc(-n2ccnc2S[C@@H](C)C(=O)c2c[nH]c3ccccc23)cc1. The zero-order chi connectivity index (χ0) is 18.8. The molecule has 0 saturated carbocycles. The van der Waals surface area contributed by atoms with E-state index >= 15 is 0 Å². The third kappa shape index (κ3) is 3.36. The Hall–Kier alpha value is -2.99. The molecule has 27 heavy (non-hydrogen) atoms. The molecule has 2 aromatic heterocycles. The number of imidazole rings is 1. The van der Waals surface area contributed by atoms with Crippen LogP contribution in [-0.4, -0.2) is 32.7 Å². The van der Waals surface area contributed by atoms with Gasteiger partial charge in [-0.1, -0.05) is 30.0 Å². The number of thioether (sulfide) groups is 1. The Morgan fingerprint density at radius 1 is 1.19 bits per heavy atom. The summed E-state index contributed by atoms with van der Waals surface area (Å²) in [5.41, 5.74) is 2.66. The van der Waals surface area contributed by atoms with Gasteiger partial charge < -0.3 is 9.72 Å². The van der Waals surface area contributed by atoms with Crippen molar-refractivity contribution in [2.45, 2.75) is 17.3 Å². The normalized spacial score (nSPS) is 12.2. The lowest BCUT2D eigenvalue weighted by Crippen LogP contribution is -2.14. The lowest BCUT2D eigenvalue weighted by molar-refractivity contribution is 0.0995. The number of aromatic amines is 1. The minimum atomic E-state index is -0.261. The van der Waals surface area contributed by atoms with Crippen LogP contribution in [0.4, 0.5) is 0 Å². The first kappa shape index (κ1) is 17.4. The molecular weight excluding hydrogens is 358 g/mol. The summed E-state index contributed by atoms with van der Waals surface area (Å²) in [6.07, 6.45) is 5.43. The van der Waals surface area contributed by atoms with Crippen LogP contribution >= 0.6 is 11.8 Å². The van der Waals surface area contributed by atoms with Crippen molar-refractivity contribution in [1.29, 1.82) is 0 Å². The van der Waals surface area contributed by atoms with Gasteiger partial charge in [-0.2, -0.15) is 0 Å². The fourth-order valence-corrected chi connectivity index (χ4v) is 3.97. The summed E-state index contributed by atoms with van der Waals surface area (Å²) in [5.74, 6) is 0.887. The van der Waals surface area contributed by atoms with Crippen molar-refractivity contribution in [3.8, 4) is 11.4 Å². The maximum atomic E-state index is 13.0. The Kier molecular flexibility index (Phi) is 4.73. The van der Waals surface area contributed by atoms with Crippen molar-refractivity contribution in [1.82, 2.24) is 14.5 Å². The largest absolute Gasteiger partial charge is 0.497 e. The standard InChI is InChI=1S/C21H19N3O2S/c1-14(20(25)18-13-23-19-6-4-3-5-17(18)19)27-21-22-11-12-24(21)15-7-9-16(26-2)10-8-15/h3-14,23H,1-2H3/t14-/m0/s1. The van der Waals surface area contributed by atoms with Crippen molar-refractivity contribution < 1.29 is 9.53 Å². The number of aromatic nitrogens is 3. The molecule has 136 valence electrons. The van der Waals surface area contributed by atoms with Crippen molar-refractivity contribution in [3.05, 3.63) is 72.7 Å². The predicted octanol–water partition coefficient (Wildman–Crippen LogP) is 4.73. The molecular formula is C21H19N3O2S. The third-order valence-corrected chi connectivity index (χ3v) is 5.54. The number of rotatable bonds is 6. The molecule has 2 heterocycles. The average Bonchev–Trinajstić information content (AvgIpc) is 3.34. The Morgan fingerprint density at radius 2 is 1.96 bits per heavy atom. The zero-order valence-electron chi connectivity index (χ0n) is 15.0. The Bertz CT molecular complexity index is 1080. The minimum absolute atomic E-state index is 0.0849. The molecule has 0 bridgehead atoms. The molecule has 5 nitrogen and oxygen atoms in total. The van der Waals surface area contributed by atoms with Gasteiger partial charge in [-0.05, 0) is 37.3 Å². The minimum Gasteiger partial charge on any atom is -0.497 e. The summed E-state index contributed by atoms with van der Waals surface area (Å²) in [4.78, 5) is 20.6. The molecule has 2 aromatic carbocycles. The second-order valence-corrected chi connectivity index (χ2v) is 7.46. The highest BCUT2D eigenvalue weighted by Crippen LogP contribution is 2.29. The van der Waals surface area contributed by atoms with E-state index in [1.54, 1.807) is 19.5 Å². The molecule has 0 spiro atoms. The summed E-state index contributed by atoms with van der Waals surface area (Å²) in [5, 5.41) is 1.47. The van der Waals surface area contributed by atoms with E-state index in [-0.39, 0.29) is 11.0 Å². The number of Topliss-reactive ketones (excluding diaryl/α,β-unsaturated/α-hetero) is 1. The van der Waals surface area contributed by atoms with E-state index < -0.39 is 0 Å². The molecule has 1 N–H and O–H groups in total. The number of carbonyl (C=O) groups is 1. The number of nitrogens with zero attached hydrogens (tertiary/aromatic N) is 2. The third-order valence-electron chi connectivity index (χ3n) is 4.46. The second kappa shape index (κ2) is 7.32. The average molecular weight is 377 g/mol. The van der Waals surface area contributed by atoms with Crippen LogP contribution < -0.4 is 4.74 Å². The number of H-pyrrole nitrogens is 1. The van der Waals surface area contributed by atoms with Crippen LogP contribution in [0.3, 0.4) is 0 Å². The van der Waals surface area contributed by atoms with Gasteiger partial charge in [0.15, 0.2) is 10.9 Å². The Labute approximate surface area is 161 Å². The number of fused-ring (bicyclic) bond motifs is 1. The molecule has 1 atom stereocenters. The van der Waals surface area contributed by atoms with Crippen LogP contribution in [0.2, 0.25) is 0 Å². The number of methoxy groups -OCH3 is 1.